The number of hydrogen-bond donors (Lipinski definition) is 3. The fourth-order valence-corrected chi connectivity index (χ4v) is 2.15. The van der Waals surface area contributed by atoms with Gasteiger partial charge in [0.05, 0.1) is 11.4 Å². The molecule has 0 bridgehead atoms. The molecule has 6 heteroatoms. The van der Waals surface area contributed by atoms with Crippen molar-refractivity contribution >= 4 is 23.2 Å². The topological polar surface area (TPSA) is 92.9 Å². The van der Waals surface area contributed by atoms with Crippen LogP contribution in [0.25, 0.3) is 0 Å². The van der Waals surface area contributed by atoms with Gasteiger partial charge in [-0.05, 0) is 35.9 Å². The monoisotopic (exact) mass is 319 g/mol. The highest BCUT2D eigenvalue weighted by Gasteiger charge is 2.07. The standard InChI is InChI=1S/C18H17N5O/c19-15-4-1-2-5-16(15)23-17(24)14-8-6-13(7-9-14)12-22-18-20-10-3-11-21-18/h1-11H,12,19H2,(H,23,24)(H,20,21,22). The van der Waals surface area contributed by atoms with Crippen LogP contribution in [0.5, 0.6) is 0 Å². The van der Waals surface area contributed by atoms with Crippen LogP contribution in [-0.2, 0) is 6.54 Å². The van der Waals surface area contributed by atoms with Crippen molar-refractivity contribution < 1.29 is 4.79 Å². The number of nitrogens with zero attached hydrogens (tertiary/aromatic N) is 2. The Morgan fingerprint density at radius 1 is 0.958 bits per heavy atom. The van der Waals surface area contributed by atoms with Crippen molar-refractivity contribution in [2.24, 2.45) is 0 Å². The van der Waals surface area contributed by atoms with E-state index in [9.17, 15) is 4.79 Å². The van der Waals surface area contributed by atoms with Gasteiger partial charge in [-0.25, -0.2) is 9.97 Å². The molecule has 1 amide bonds. The molecule has 1 heterocycles. The van der Waals surface area contributed by atoms with Crippen LogP contribution in [0.3, 0.4) is 0 Å². The summed E-state index contributed by atoms with van der Waals surface area (Å²) in [5.41, 5.74) is 8.57. The Morgan fingerprint density at radius 2 is 1.67 bits per heavy atom. The van der Waals surface area contributed by atoms with Gasteiger partial charge in [0.25, 0.3) is 5.91 Å². The second-order valence-electron chi connectivity index (χ2n) is 5.16. The molecule has 0 spiro atoms. The summed E-state index contributed by atoms with van der Waals surface area (Å²) in [6.45, 7) is 0.581. The Kier molecular flexibility index (Phi) is 4.67. The van der Waals surface area contributed by atoms with E-state index >= 15 is 0 Å². The van der Waals surface area contributed by atoms with Crippen molar-refractivity contribution in [1.82, 2.24) is 9.97 Å². The first-order chi connectivity index (χ1) is 11.7. The van der Waals surface area contributed by atoms with E-state index in [4.69, 9.17) is 5.73 Å². The Hall–Kier alpha value is -3.41. The predicted molar refractivity (Wildman–Crippen MR) is 94.6 cm³/mol. The zero-order valence-corrected chi connectivity index (χ0v) is 12.9. The normalized spacial score (nSPS) is 10.2. The van der Waals surface area contributed by atoms with E-state index in [1.54, 1.807) is 42.7 Å². The van der Waals surface area contributed by atoms with Gasteiger partial charge in [0.1, 0.15) is 0 Å². The molecule has 1 aromatic heterocycles. The van der Waals surface area contributed by atoms with Gasteiger partial charge >= 0.3 is 0 Å². The summed E-state index contributed by atoms with van der Waals surface area (Å²) >= 11 is 0. The smallest absolute Gasteiger partial charge is 0.255 e. The fourth-order valence-electron chi connectivity index (χ4n) is 2.15. The molecule has 0 saturated heterocycles. The van der Waals surface area contributed by atoms with Crippen LogP contribution in [0.2, 0.25) is 0 Å². The van der Waals surface area contributed by atoms with Crippen LogP contribution in [0.15, 0.2) is 67.0 Å². The molecule has 0 unspecified atom stereocenters. The van der Waals surface area contributed by atoms with Crippen LogP contribution < -0.4 is 16.4 Å². The maximum Gasteiger partial charge on any atom is 0.255 e. The quantitative estimate of drug-likeness (QED) is 0.629. The number of nitrogens with two attached hydrogens (primary N) is 1. The zero-order chi connectivity index (χ0) is 16.8. The molecule has 24 heavy (non-hydrogen) atoms. The summed E-state index contributed by atoms with van der Waals surface area (Å²) in [7, 11) is 0. The van der Waals surface area contributed by atoms with Crippen LogP contribution >= 0.6 is 0 Å². The van der Waals surface area contributed by atoms with Crippen molar-refractivity contribution in [2.75, 3.05) is 16.4 Å². The van der Waals surface area contributed by atoms with Crippen molar-refractivity contribution in [2.45, 2.75) is 6.54 Å². The zero-order valence-electron chi connectivity index (χ0n) is 12.9. The number of anilines is 3. The van der Waals surface area contributed by atoms with Crippen LogP contribution in [0.4, 0.5) is 17.3 Å². The highest BCUT2D eigenvalue weighted by Crippen LogP contribution is 2.18. The molecule has 0 aliphatic heterocycles. The molecular formula is C18H17N5O. The third kappa shape index (κ3) is 3.86. The number of carbonyl (C=O) groups excluding carboxylic acids is 1. The maximum absolute atomic E-state index is 12.3. The molecule has 0 fully saturated rings. The van der Waals surface area contributed by atoms with E-state index in [0.717, 1.165) is 5.56 Å². The fraction of sp³-hybridized carbons (Fsp3) is 0.0556. The highest BCUT2D eigenvalue weighted by atomic mass is 16.1. The van der Waals surface area contributed by atoms with E-state index in [-0.39, 0.29) is 5.91 Å². The molecular weight excluding hydrogens is 302 g/mol. The van der Waals surface area contributed by atoms with E-state index in [1.165, 1.54) is 0 Å². The Balaban J connectivity index is 1.61. The molecule has 3 aromatic rings. The third-order valence-corrected chi connectivity index (χ3v) is 3.44. The first-order valence-electron chi connectivity index (χ1n) is 7.48. The van der Waals surface area contributed by atoms with E-state index < -0.39 is 0 Å². The predicted octanol–water partition coefficient (Wildman–Crippen LogP) is 2.92. The largest absolute Gasteiger partial charge is 0.397 e. The molecule has 0 aliphatic rings. The minimum Gasteiger partial charge on any atom is -0.397 e. The molecule has 3 rings (SSSR count). The number of nitrogens with one attached hydrogen (secondary N) is 2. The van der Waals surface area contributed by atoms with E-state index in [2.05, 4.69) is 20.6 Å². The van der Waals surface area contributed by atoms with Gasteiger partial charge < -0.3 is 16.4 Å². The maximum atomic E-state index is 12.3. The van der Waals surface area contributed by atoms with Crippen molar-refractivity contribution in [3.63, 3.8) is 0 Å². The van der Waals surface area contributed by atoms with Gasteiger partial charge in [-0.15, -0.1) is 0 Å². The minimum absolute atomic E-state index is 0.196. The molecule has 2 aromatic carbocycles. The average Bonchev–Trinajstić information content (AvgIpc) is 2.63. The number of nitrogen functional groups attached to an aromatic ring is 1. The lowest BCUT2D eigenvalue weighted by Gasteiger charge is -2.09. The molecule has 6 nitrogen and oxygen atoms in total. The third-order valence-electron chi connectivity index (χ3n) is 3.44. The van der Waals surface area contributed by atoms with Gasteiger partial charge in [0.15, 0.2) is 0 Å². The van der Waals surface area contributed by atoms with Crippen molar-refractivity contribution in [3.8, 4) is 0 Å². The van der Waals surface area contributed by atoms with E-state index in [1.807, 2.05) is 24.3 Å². The summed E-state index contributed by atoms with van der Waals surface area (Å²) in [6, 6.07) is 16.3. The first kappa shape index (κ1) is 15.5. The molecule has 0 atom stereocenters. The Bertz CT molecular complexity index is 818. The number of amides is 1. The summed E-state index contributed by atoms with van der Waals surface area (Å²) in [6.07, 6.45) is 3.36. The first-order valence-corrected chi connectivity index (χ1v) is 7.48. The van der Waals surface area contributed by atoms with E-state index in [0.29, 0.717) is 29.4 Å². The number of aromatic nitrogens is 2. The minimum atomic E-state index is -0.196. The van der Waals surface area contributed by atoms with Crippen LogP contribution in [-0.4, -0.2) is 15.9 Å². The summed E-state index contributed by atoms with van der Waals surface area (Å²) < 4.78 is 0. The number of para-hydroxylation sites is 2. The van der Waals surface area contributed by atoms with Gasteiger partial charge in [0, 0.05) is 24.5 Å². The second-order valence-corrected chi connectivity index (χ2v) is 5.16. The number of rotatable bonds is 5. The number of carbonyl (C=O) groups is 1. The lowest BCUT2D eigenvalue weighted by Crippen LogP contribution is -2.13. The molecule has 0 saturated carbocycles. The van der Waals surface area contributed by atoms with Crippen LogP contribution in [0, 0.1) is 0 Å². The lowest BCUT2D eigenvalue weighted by atomic mass is 10.1. The summed E-state index contributed by atoms with van der Waals surface area (Å²) in [5.74, 6) is 0.373. The van der Waals surface area contributed by atoms with Gasteiger partial charge in [-0.3, -0.25) is 4.79 Å². The highest BCUT2D eigenvalue weighted by molar-refractivity contribution is 6.05. The summed E-state index contributed by atoms with van der Waals surface area (Å²) in [5, 5.41) is 5.92. The second kappa shape index (κ2) is 7.23. The lowest BCUT2D eigenvalue weighted by molar-refractivity contribution is 0.102. The molecule has 120 valence electrons. The average molecular weight is 319 g/mol. The summed E-state index contributed by atoms with van der Waals surface area (Å²) in [4.78, 5) is 20.4. The number of benzene rings is 2. The van der Waals surface area contributed by atoms with Crippen molar-refractivity contribution in [3.05, 3.63) is 78.1 Å². The molecule has 4 N–H and O–H groups in total. The van der Waals surface area contributed by atoms with Gasteiger partial charge in [-0.1, -0.05) is 24.3 Å². The van der Waals surface area contributed by atoms with Crippen molar-refractivity contribution in [1.29, 1.82) is 0 Å². The van der Waals surface area contributed by atoms with Crippen LogP contribution in [0.1, 0.15) is 15.9 Å². The van der Waals surface area contributed by atoms with Gasteiger partial charge in [-0.2, -0.15) is 0 Å². The molecule has 0 aliphatic carbocycles. The Morgan fingerprint density at radius 3 is 2.38 bits per heavy atom. The number of hydrogen-bond acceptors (Lipinski definition) is 5. The molecule has 0 radical (unpaired) electrons. The van der Waals surface area contributed by atoms with Gasteiger partial charge in [0.2, 0.25) is 5.95 Å². The Labute approximate surface area is 139 Å². The SMILES string of the molecule is Nc1ccccc1NC(=O)c1ccc(CNc2ncccn2)cc1.